The number of imide groups is 1. The van der Waals surface area contributed by atoms with Crippen LogP contribution in [-0.4, -0.2) is 34.6 Å². The van der Waals surface area contributed by atoms with Crippen LogP contribution in [0.15, 0.2) is 84.6 Å². The molecule has 6 heteroatoms. The van der Waals surface area contributed by atoms with Crippen LogP contribution in [0.1, 0.15) is 10.4 Å². The minimum atomic E-state index is -0.811. The zero-order chi connectivity index (χ0) is 20.8. The van der Waals surface area contributed by atoms with Gasteiger partial charge in [0.25, 0.3) is 0 Å². The van der Waals surface area contributed by atoms with E-state index >= 15 is 0 Å². The van der Waals surface area contributed by atoms with E-state index in [2.05, 4.69) is 6.07 Å². The highest BCUT2D eigenvalue weighted by Gasteiger charge is 2.63. The molecule has 3 aliphatic heterocycles. The van der Waals surface area contributed by atoms with Crippen molar-refractivity contribution in [2.24, 2.45) is 11.8 Å². The fourth-order valence-corrected chi connectivity index (χ4v) is 4.73. The second kappa shape index (κ2) is 6.82. The minimum absolute atomic E-state index is 0.206. The number of hydrogen-bond donors (Lipinski definition) is 0. The molecule has 0 spiro atoms. The molecule has 0 bridgehead atoms. The number of benzene rings is 2. The number of allylic oxidation sites excluding steroid dienone is 2. The molecule has 3 aliphatic rings. The molecule has 4 atom stereocenters. The molecule has 2 saturated heterocycles. The summed E-state index contributed by atoms with van der Waals surface area (Å²) in [5.74, 6) is -2.45. The van der Waals surface area contributed by atoms with Crippen LogP contribution in [0.5, 0.6) is 0 Å². The van der Waals surface area contributed by atoms with E-state index in [1.807, 2.05) is 12.1 Å². The van der Waals surface area contributed by atoms with E-state index in [0.29, 0.717) is 16.8 Å². The largest absolute Gasteiger partial charge is 0.359 e. The predicted molar refractivity (Wildman–Crippen MR) is 109 cm³/mol. The third-order valence-corrected chi connectivity index (χ3v) is 6.02. The van der Waals surface area contributed by atoms with Crippen LogP contribution in [0.3, 0.4) is 0 Å². The molecule has 3 heterocycles. The molecule has 2 aromatic carbocycles. The topological polar surface area (TPSA) is 81.5 Å². The Balaban J connectivity index is 1.62. The van der Waals surface area contributed by atoms with Crippen molar-refractivity contribution < 1.29 is 14.4 Å². The Labute approximate surface area is 173 Å². The standard InChI is InChI=1S/C24H17N3O3/c25-14-15-11-12-26-18(13-15)19-20(21(26)22(28)16-7-3-1-4-8-16)24(30)27(23(19)29)17-9-5-2-6-10-17/h1-13,18-21H/t18-,19+,20-,21-/m1/s1. The molecule has 0 N–H and O–H groups in total. The maximum Gasteiger partial charge on any atom is 0.240 e. The monoisotopic (exact) mass is 395 g/mol. The zero-order valence-electron chi connectivity index (χ0n) is 15.9. The van der Waals surface area contributed by atoms with Crippen molar-refractivity contribution in [3.63, 3.8) is 0 Å². The summed E-state index contributed by atoms with van der Waals surface area (Å²) in [7, 11) is 0. The van der Waals surface area contributed by atoms with E-state index in [1.165, 1.54) is 4.90 Å². The molecule has 0 aromatic heterocycles. The van der Waals surface area contributed by atoms with Gasteiger partial charge in [-0.3, -0.25) is 14.4 Å². The van der Waals surface area contributed by atoms with Crippen LogP contribution >= 0.6 is 0 Å². The van der Waals surface area contributed by atoms with E-state index in [-0.39, 0.29) is 17.6 Å². The quantitative estimate of drug-likeness (QED) is 0.590. The zero-order valence-corrected chi connectivity index (χ0v) is 15.9. The smallest absolute Gasteiger partial charge is 0.240 e. The van der Waals surface area contributed by atoms with E-state index in [4.69, 9.17) is 0 Å². The Morgan fingerprint density at radius 1 is 0.900 bits per heavy atom. The maximum atomic E-state index is 13.5. The van der Waals surface area contributed by atoms with Crippen molar-refractivity contribution in [1.29, 1.82) is 5.26 Å². The second-order valence-corrected chi connectivity index (χ2v) is 7.56. The third-order valence-electron chi connectivity index (χ3n) is 6.02. The first-order valence-electron chi connectivity index (χ1n) is 9.71. The molecule has 6 nitrogen and oxygen atoms in total. The van der Waals surface area contributed by atoms with Gasteiger partial charge in [-0.05, 0) is 24.3 Å². The first kappa shape index (κ1) is 18.1. The van der Waals surface area contributed by atoms with Gasteiger partial charge >= 0.3 is 0 Å². The molecule has 2 amide bonds. The van der Waals surface area contributed by atoms with Crippen molar-refractivity contribution in [2.75, 3.05) is 4.90 Å². The van der Waals surface area contributed by atoms with Crippen molar-refractivity contribution >= 4 is 23.3 Å². The number of carbonyl (C=O) groups excluding carboxylic acids is 3. The van der Waals surface area contributed by atoms with Crippen LogP contribution in [0.25, 0.3) is 0 Å². The van der Waals surface area contributed by atoms with Gasteiger partial charge in [-0.15, -0.1) is 0 Å². The normalized spacial score (nSPS) is 26.8. The van der Waals surface area contributed by atoms with Crippen molar-refractivity contribution in [2.45, 2.75) is 12.1 Å². The van der Waals surface area contributed by atoms with Crippen LogP contribution in [0.2, 0.25) is 0 Å². The number of anilines is 1. The highest BCUT2D eigenvalue weighted by Crippen LogP contribution is 2.46. The SMILES string of the molecule is N#CC1=C[C@@H]2[C@@H]3C(=O)N(c4ccccc4)C(=O)[C@H]3[C@H](C(=O)c3ccccc3)N2C=C1. The summed E-state index contributed by atoms with van der Waals surface area (Å²) in [4.78, 5) is 43.2. The maximum absolute atomic E-state index is 13.5. The number of nitriles is 1. The second-order valence-electron chi connectivity index (χ2n) is 7.56. The fourth-order valence-electron chi connectivity index (χ4n) is 4.73. The minimum Gasteiger partial charge on any atom is -0.359 e. The molecule has 2 fully saturated rings. The van der Waals surface area contributed by atoms with Crippen molar-refractivity contribution in [1.82, 2.24) is 4.90 Å². The van der Waals surface area contributed by atoms with Crippen molar-refractivity contribution in [3.05, 3.63) is 90.2 Å². The first-order chi connectivity index (χ1) is 14.6. The molecule has 0 saturated carbocycles. The lowest BCUT2D eigenvalue weighted by Crippen LogP contribution is -2.46. The van der Waals surface area contributed by atoms with Crippen LogP contribution in [0.4, 0.5) is 5.69 Å². The first-order valence-corrected chi connectivity index (χ1v) is 9.71. The number of rotatable bonds is 3. The molecule has 146 valence electrons. The number of nitrogens with zero attached hydrogens (tertiary/aromatic N) is 3. The summed E-state index contributed by atoms with van der Waals surface area (Å²) in [5.41, 5.74) is 1.40. The van der Waals surface area contributed by atoms with Crippen molar-refractivity contribution in [3.8, 4) is 6.07 Å². The van der Waals surface area contributed by atoms with E-state index in [1.54, 1.807) is 71.8 Å². The Kier molecular flexibility index (Phi) is 4.11. The number of para-hydroxylation sites is 1. The number of ketones is 1. The van der Waals surface area contributed by atoms with Gasteiger partial charge in [0.2, 0.25) is 11.8 Å². The molecule has 0 unspecified atom stereocenters. The van der Waals surface area contributed by atoms with E-state index < -0.39 is 23.9 Å². The van der Waals surface area contributed by atoms with Crippen LogP contribution < -0.4 is 4.90 Å². The molecule has 30 heavy (non-hydrogen) atoms. The highest BCUT2D eigenvalue weighted by molar-refractivity contribution is 6.24. The summed E-state index contributed by atoms with van der Waals surface area (Å²) in [6.07, 6.45) is 4.98. The van der Waals surface area contributed by atoms with Gasteiger partial charge in [-0.2, -0.15) is 5.26 Å². The number of hydrogen-bond acceptors (Lipinski definition) is 5. The predicted octanol–water partition coefficient (Wildman–Crippen LogP) is 2.71. The van der Waals surface area contributed by atoms with Gasteiger partial charge < -0.3 is 4.90 Å². The fraction of sp³-hybridized carbons (Fsp3) is 0.167. The summed E-state index contributed by atoms with van der Waals surface area (Å²) in [6.45, 7) is 0. The van der Waals surface area contributed by atoms with Gasteiger partial charge in [0.15, 0.2) is 5.78 Å². The summed E-state index contributed by atoms with van der Waals surface area (Å²) < 4.78 is 0. The molecule has 2 aromatic rings. The van der Waals surface area contributed by atoms with Crippen LogP contribution in [0, 0.1) is 23.2 Å². The highest BCUT2D eigenvalue weighted by atomic mass is 16.2. The summed E-state index contributed by atoms with van der Waals surface area (Å²) in [5, 5.41) is 9.34. The molecule has 5 rings (SSSR count). The number of fused-ring (bicyclic) bond motifs is 3. The number of Topliss-reactive ketones (excluding diaryl/α,β-unsaturated/α-hetero) is 1. The van der Waals surface area contributed by atoms with Gasteiger partial charge in [0.1, 0.15) is 6.04 Å². The average Bonchev–Trinajstić information content (AvgIpc) is 3.26. The van der Waals surface area contributed by atoms with Crippen LogP contribution in [-0.2, 0) is 9.59 Å². The summed E-state index contributed by atoms with van der Waals surface area (Å²) in [6, 6.07) is 18.3. The van der Waals surface area contributed by atoms with E-state index in [0.717, 1.165) is 0 Å². The van der Waals surface area contributed by atoms with Gasteiger partial charge in [0.05, 0.1) is 35.2 Å². The molecular formula is C24H17N3O3. The molecule has 0 radical (unpaired) electrons. The average molecular weight is 395 g/mol. The molecule has 0 aliphatic carbocycles. The lowest BCUT2D eigenvalue weighted by atomic mass is 9.86. The summed E-state index contributed by atoms with van der Waals surface area (Å²) >= 11 is 0. The lowest BCUT2D eigenvalue weighted by molar-refractivity contribution is -0.123. The Morgan fingerprint density at radius 2 is 1.53 bits per heavy atom. The number of amides is 2. The third kappa shape index (κ3) is 2.52. The van der Waals surface area contributed by atoms with Gasteiger partial charge in [0, 0.05) is 11.8 Å². The Bertz CT molecular complexity index is 1150. The number of carbonyl (C=O) groups is 3. The van der Waals surface area contributed by atoms with Gasteiger partial charge in [-0.25, -0.2) is 4.90 Å². The lowest BCUT2D eigenvalue weighted by Gasteiger charge is -2.32. The Morgan fingerprint density at radius 3 is 2.20 bits per heavy atom. The van der Waals surface area contributed by atoms with Gasteiger partial charge in [-0.1, -0.05) is 48.5 Å². The Hall–Kier alpha value is -3.98. The van der Waals surface area contributed by atoms with E-state index in [9.17, 15) is 19.6 Å². The molecular weight excluding hydrogens is 378 g/mol.